The van der Waals surface area contributed by atoms with Crippen molar-refractivity contribution in [2.45, 2.75) is 77.4 Å². The maximum Gasteiger partial charge on any atom is 0.157 e. The number of carbonyl (C=O) groups is 1. The Balaban J connectivity index is 1.70. The minimum Gasteiger partial charge on any atom is -0.368 e. The normalized spacial score (nSPS) is 47.4. The third-order valence-corrected chi connectivity index (χ3v) is 8.25. The molecule has 3 heteroatoms. The summed E-state index contributed by atoms with van der Waals surface area (Å²) in [6, 6.07) is 0. The molecule has 0 amide bonds. The summed E-state index contributed by atoms with van der Waals surface area (Å²) >= 11 is 0. The Labute approximate surface area is 145 Å². The van der Waals surface area contributed by atoms with E-state index >= 15 is 0 Å². The van der Waals surface area contributed by atoms with Crippen LogP contribution in [0.5, 0.6) is 0 Å². The zero-order valence-electron chi connectivity index (χ0n) is 14.8. The van der Waals surface area contributed by atoms with Crippen LogP contribution in [0, 0.1) is 46.3 Å². The molecular formula is C21H30O3. The maximum absolute atomic E-state index is 12.0. The zero-order chi connectivity index (χ0) is 16.9. The van der Waals surface area contributed by atoms with Crippen molar-refractivity contribution in [1.82, 2.24) is 0 Å². The summed E-state index contributed by atoms with van der Waals surface area (Å²) < 4.78 is 0. The van der Waals surface area contributed by atoms with Gasteiger partial charge in [-0.1, -0.05) is 12.3 Å². The van der Waals surface area contributed by atoms with E-state index < -0.39 is 6.29 Å². The highest BCUT2D eigenvalue weighted by molar-refractivity contribution is 5.80. The second kappa shape index (κ2) is 5.85. The van der Waals surface area contributed by atoms with Gasteiger partial charge >= 0.3 is 0 Å². The first-order valence-corrected chi connectivity index (χ1v) is 9.85. The van der Waals surface area contributed by atoms with E-state index in [4.69, 9.17) is 0 Å². The van der Waals surface area contributed by atoms with Gasteiger partial charge in [-0.05, 0) is 75.5 Å². The molecule has 0 aromatic rings. The van der Waals surface area contributed by atoms with Gasteiger partial charge in [-0.15, -0.1) is 5.92 Å². The summed E-state index contributed by atoms with van der Waals surface area (Å²) in [7, 11) is 0. The molecule has 0 spiro atoms. The van der Waals surface area contributed by atoms with Crippen molar-refractivity contribution in [2.24, 2.45) is 34.5 Å². The van der Waals surface area contributed by atoms with Gasteiger partial charge in [0.05, 0.1) is 0 Å². The van der Waals surface area contributed by atoms with Crippen LogP contribution in [0.2, 0.25) is 0 Å². The van der Waals surface area contributed by atoms with Gasteiger partial charge in [-0.3, -0.25) is 4.79 Å². The molecule has 4 fully saturated rings. The largest absolute Gasteiger partial charge is 0.368 e. The van der Waals surface area contributed by atoms with Gasteiger partial charge in [-0.2, -0.15) is 0 Å². The quantitative estimate of drug-likeness (QED) is 0.573. The molecule has 0 heterocycles. The van der Waals surface area contributed by atoms with Crippen LogP contribution in [0.25, 0.3) is 0 Å². The van der Waals surface area contributed by atoms with E-state index in [1.165, 1.54) is 0 Å². The average molecular weight is 330 g/mol. The fourth-order valence-electron chi connectivity index (χ4n) is 7.33. The Morgan fingerprint density at radius 2 is 1.92 bits per heavy atom. The van der Waals surface area contributed by atoms with Gasteiger partial charge in [0.25, 0.3) is 0 Å². The first-order chi connectivity index (χ1) is 11.5. The molecule has 3 nitrogen and oxygen atoms in total. The molecule has 4 saturated carbocycles. The Kier molecular flexibility index (Phi) is 4.05. The summed E-state index contributed by atoms with van der Waals surface area (Å²) in [6.45, 7) is 1.94. The van der Waals surface area contributed by atoms with Crippen LogP contribution < -0.4 is 0 Å². The van der Waals surface area contributed by atoms with Crippen LogP contribution in [-0.4, -0.2) is 22.3 Å². The van der Waals surface area contributed by atoms with E-state index in [0.717, 1.165) is 57.8 Å². The van der Waals surface area contributed by atoms with Crippen molar-refractivity contribution >= 4 is 5.78 Å². The van der Waals surface area contributed by atoms with Crippen LogP contribution in [0.3, 0.4) is 0 Å². The molecule has 0 radical (unpaired) electrons. The van der Waals surface area contributed by atoms with E-state index in [1.807, 2.05) is 6.92 Å². The number of carbonyl (C=O) groups excluding carboxylic acids is 1. The zero-order valence-corrected chi connectivity index (χ0v) is 14.8. The van der Waals surface area contributed by atoms with E-state index in [-0.39, 0.29) is 10.8 Å². The van der Waals surface area contributed by atoms with Crippen molar-refractivity contribution in [3.63, 3.8) is 0 Å². The number of aliphatic hydroxyl groups is 2. The Morgan fingerprint density at radius 1 is 1.08 bits per heavy atom. The number of ketones is 1. The summed E-state index contributed by atoms with van der Waals surface area (Å²) in [6.07, 6.45) is 8.60. The first-order valence-electron chi connectivity index (χ1n) is 9.85. The second-order valence-electron chi connectivity index (χ2n) is 8.85. The lowest BCUT2D eigenvalue weighted by atomic mass is 9.44. The molecule has 132 valence electrons. The molecule has 0 aromatic heterocycles. The summed E-state index contributed by atoms with van der Waals surface area (Å²) in [5.74, 6) is 9.22. The minimum absolute atomic E-state index is 0.0146. The van der Waals surface area contributed by atoms with Gasteiger partial charge in [0, 0.05) is 23.7 Å². The van der Waals surface area contributed by atoms with Crippen molar-refractivity contribution in [1.29, 1.82) is 0 Å². The number of aliphatic hydroxyl groups excluding tert-OH is 1. The smallest absolute Gasteiger partial charge is 0.157 e. The highest BCUT2D eigenvalue weighted by Crippen LogP contribution is 2.66. The predicted molar refractivity (Wildman–Crippen MR) is 91.7 cm³/mol. The molecule has 0 aliphatic heterocycles. The summed E-state index contributed by atoms with van der Waals surface area (Å²) in [5.41, 5.74) is -0.250. The number of hydrogen-bond donors (Lipinski definition) is 2. The molecule has 4 rings (SSSR count). The highest BCUT2D eigenvalue weighted by atomic mass is 16.5. The lowest BCUT2D eigenvalue weighted by Gasteiger charge is -2.59. The van der Waals surface area contributed by atoms with E-state index in [1.54, 1.807) is 0 Å². The molecule has 2 N–H and O–H groups in total. The van der Waals surface area contributed by atoms with Gasteiger partial charge < -0.3 is 10.2 Å². The summed E-state index contributed by atoms with van der Waals surface area (Å²) in [5, 5.41) is 20.3. The Hall–Kier alpha value is -0.850. The lowest BCUT2D eigenvalue weighted by Crippen LogP contribution is -2.56. The molecular weight excluding hydrogens is 300 g/mol. The molecule has 4 aliphatic carbocycles. The van der Waals surface area contributed by atoms with Crippen LogP contribution in [-0.2, 0) is 4.79 Å². The third-order valence-electron chi connectivity index (χ3n) is 8.25. The van der Waals surface area contributed by atoms with E-state index in [2.05, 4.69) is 11.8 Å². The van der Waals surface area contributed by atoms with Crippen LogP contribution >= 0.6 is 0 Å². The van der Waals surface area contributed by atoms with Crippen LogP contribution in [0.4, 0.5) is 0 Å². The minimum atomic E-state index is -1.18. The van der Waals surface area contributed by atoms with Crippen molar-refractivity contribution in [3.05, 3.63) is 0 Å². The third kappa shape index (κ3) is 2.15. The fourth-order valence-corrected chi connectivity index (χ4v) is 7.33. The Bertz CT molecular complexity index is 586. The van der Waals surface area contributed by atoms with Crippen molar-refractivity contribution < 1.29 is 15.0 Å². The van der Waals surface area contributed by atoms with E-state index in [0.29, 0.717) is 35.9 Å². The monoisotopic (exact) mass is 330 g/mol. The van der Waals surface area contributed by atoms with E-state index in [9.17, 15) is 15.0 Å². The lowest BCUT2D eigenvalue weighted by molar-refractivity contribution is -0.195. The topological polar surface area (TPSA) is 57.5 Å². The van der Waals surface area contributed by atoms with Crippen LogP contribution in [0.15, 0.2) is 0 Å². The van der Waals surface area contributed by atoms with Crippen LogP contribution in [0.1, 0.15) is 71.1 Å². The molecule has 1 unspecified atom stereocenters. The molecule has 0 bridgehead atoms. The SMILES string of the molecule is CC#C[C@]12CCC(=O)CC1CC[C@H]1[C@@H]3CCC[C@@]3(C(O)O)CC[C@@H]12. The summed E-state index contributed by atoms with van der Waals surface area (Å²) in [4.78, 5) is 12.0. The second-order valence-corrected chi connectivity index (χ2v) is 8.85. The van der Waals surface area contributed by atoms with Crippen molar-refractivity contribution in [2.75, 3.05) is 0 Å². The highest BCUT2D eigenvalue weighted by Gasteiger charge is 2.62. The number of fused-ring (bicyclic) bond motifs is 5. The molecule has 0 aromatic carbocycles. The Morgan fingerprint density at radius 3 is 2.67 bits per heavy atom. The fraction of sp³-hybridized carbons (Fsp3) is 0.857. The molecule has 4 aliphatic rings. The maximum atomic E-state index is 12.0. The predicted octanol–water partition coefficient (Wildman–Crippen LogP) is 3.28. The van der Waals surface area contributed by atoms with Gasteiger partial charge in [0.15, 0.2) is 6.29 Å². The van der Waals surface area contributed by atoms with Gasteiger partial charge in [-0.25, -0.2) is 0 Å². The number of hydrogen-bond acceptors (Lipinski definition) is 3. The average Bonchev–Trinajstić information content (AvgIpc) is 3.01. The molecule has 6 atom stereocenters. The van der Waals surface area contributed by atoms with Crippen molar-refractivity contribution in [3.8, 4) is 11.8 Å². The number of Topliss-reactive ketones (excluding diaryl/α,β-unsaturated/α-hetero) is 1. The standard InChI is InChI=1S/C21H30O3/c1-2-9-20-11-7-15(22)13-14(20)5-6-16-17-4-3-10-21(17,19(23)24)12-8-18(16)20/h14,16-19,23-24H,3-8,10-13H2,1H3/t14?,16-,17-,18-,20-,21+/m0/s1. The molecule has 0 saturated heterocycles. The first kappa shape index (κ1) is 16.6. The molecule has 24 heavy (non-hydrogen) atoms. The van der Waals surface area contributed by atoms with Gasteiger partial charge in [0.1, 0.15) is 5.78 Å². The number of rotatable bonds is 1. The van der Waals surface area contributed by atoms with Gasteiger partial charge in [0.2, 0.25) is 0 Å².